The van der Waals surface area contributed by atoms with Crippen LogP contribution in [0.2, 0.25) is 5.02 Å². The van der Waals surface area contributed by atoms with Crippen molar-refractivity contribution in [3.05, 3.63) is 22.7 Å². The van der Waals surface area contributed by atoms with Gasteiger partial charge in [0.1, 0.15) is 5.75 Å². The lowest BCUT2D eigenvalue weighted by molar-refractivity contribution is 0.269. The quantitative estimate of drug-likeness (QED) is 0.624. The van der Waals surface area contributed by atoms with Crippen LogP contribution in [-0.2, 0) is 0 Å². The number of nitrogen functional groups attached to an aromatic ring is 1. The zero-order valence-electron chi connectivity index (χ0n) is 7.09. The molecule has 0 spiro atoms. The lowest BCUT2D eigenvalue weighted by Crippen LogP contribution is -2.21. The molecule has 0 saturated carbocycles. The summed E-state index contributed by atoms with van der Waals surface area (Å²) in [6.45, 7) is 0.633. The SMILES string of the molecule is Nc1cc(Cl)c2c(c1)OCC[C@H]2N. The number of rotatable bonds is 0. The molecular weight excluding hydrogens is 188 g/mol. The molecule has 3 nitrogen and oxygen atoms in total. The Hall–Kier alpha value is -0.930. The lowest BCUT2D eigenvalue weighted by atomic mass is 10.0. The molecule has 1 aliphatic rings. The minimum Gasteiger partial charge on any atom is -0.493 e. The van der Waals surface area contributed by atoms with Crippen LogP contribution < -0.4 is 16.2 Å². The van der Waals surface area contributed by atoms with Gasteiger partial charge in [0.15, 0.2) is 0 Å². The maximum atomic E-state index is 6.00. The van der Waals surface area contributed by atoms with Gasteiger partial charge < -0.3 is 16.2 Å². The van der Waals surface area contributed by atoms with Gasteiger partial charge in [0, 0.05) is 29.8 Å². The Morgan fingerprint density at radius 3 is 3.00 bits per heavy atom. The fourth-order valence-corrected chi connectivity index (χ4v) is 1.89. The van der Waals surface area contributed by atoms with Crippen LogP contribution in [-0.4, -0.2) is 6.61 Å². The predicted octanol–water partition coefficient (Wildman–Crippen LogP) is 1.70. The topological polar surface area (TPSA) is 61.3 Å². The number of benzene rings is 1. The maximum Gasteiger partial charge on any atom is 0.127 e. The molecule has 0 fully saturated rings. The van der Waals surface area contributed by atoms with Gasteiger partial charge in [-0.05, 0) is 6.07 Å². The molecule has 2 rings (SSSR count). The van der Waals surface area contributed by atoms with Gasteiger partial charge in [0.25, 0.3) is 0 Å². The summed E-state index contributed by atoms with van der Waals surface area (Å²) in [7, 11) is 0. The van der Waals surface area contributed by atoms with Crippen LogP contribution in [0.15, 0.2) is 12.1 Å². The normalized spacial score (nSPS) is 20.6. The van der Waals surface area contributed by atoms with E-state index in [2.05, 4.69) is 0 Å². The number of fused-ring (bicyclic) bond motifs is 1. The molecule has 1 aliphatic heterocycles. The highest BCUT2D eigenvalue weighted by molar-refractivity contribution is 6.32. The van der Waals surface area contributed by atoms with Crippen molar-refractivity contribution >= 4 is 17.3 Å². The second-order valence-electron chi connectivity index (χ2n) is 3.16. The highest BCUT2D eigenvalue weighted by Crippen LogP contribution is 2.37. The third-order valence-corrected chi connectivity index (χ3v) is 2.48. The van der Waals surface area contributed by atoms with Gasteiger partial charge >= 0.3 is 0 Å². The van der Waals surface area contributed by atoms with Crippen molar-refractivity contribution in [3.63, 3.8) is 0 Å². The van der Waals surface area contributed by atoms with E-state index < -0.39 is 0 Å². The summed E-state index contributed by atoms with van der Waals surface area (Å²) in [6.07, 6.45) is 0.802. The van der Waals surface area contributed by atoms with Gasteiger partial charge in [0.2, 0.25) is 0 Å². The van der Waals surface area contributed by atoms with Crippen molar-refractivity contribution in [3.8, 4) is 5.75 Å². The number of hydrogen-bond donors (Lipinski definition) is 2. The molecular formula is C9H11ClN2O. The molecule has 0 aliphatic carbocycles. The van der Waals surface area contributed by atoms with E-state index in [9.17, 15) is 0 Å². The smallest absolute Gasteiger partial charge is 0.127 e. The molecule has 1 aromatic rings. The first-order chi connectivity index (χ1) is 6.18. The molecule has 0 radical (unpaired) electrons. The molecule has 13 heavy (non-hydrogen) atoms. The number of halogens is 1. The largest absolute Gasteiger partial charge is 0.493 e. The summed E-state index contributed by atoms with van der Waals surface area (Å²) in [5.74, 6) is 0.726. The molecule has 0 unspecified atom stereocenters. The van der Waals surface area contributed by atoms with E-state index in [1.54, 1.807) is 12.1 Å². The van der Waals surface area contributed by atoms with E-state index in [-0.39, 0.29) is 6.04 Å². The Balaban J connectivity index is 2.56. The van der Waals surface area contributed by atoms with Crippen LogP contribution >= 0.6 is 11.6 Å². The zero-order chi connectivity index (χ0) is 9.42. The summed E-state index contributed by atoms with van der Waals surface area (Å²) >= 11 is 6.00. The second-order valence-corrected chi connectivity index (χ2v) is 3.57. The van der Waals surface area contributed by atoms with E-state index in [1.807, 2.05) is 0 Å². The van der Waals surface area contributed by atoms with Crippen molar-refractivity contribution in [1.29, 1.82) is 0 Å². The van der Waals surface area contributed by atoms with E-state index in [0.29, 0.717) is 17.3 Å². The minimum atomic E-state index is -0.0307. The van der Waals surface area contributed by atoms with E-state index >= 15 is 0 Å². The average molecular weight is 199 g/mol. The Labute approximate surface area is 81.6 Å². The van der Waals surface area contributed by atoms with Gasteiger partial charge in [-0.1, -0.05) is 11.6 Å². The number of anilines is 1. The molecule has 0 saturated heterocycles. The van der Waals surface area contributed by atoms with Crippen LogP contribution in [0.1, 0.15) is 18.0 Å². The summed E-state index contributed by atoms with van der Waals surface area (Å²) < 4.78 is 5.41. The van der Waals surface area contributed by atoms with Crippen molar-refractivity contribution in [2.24, 2.45) is 5.73 Å². The van der Waals surface area contributed by atoms with E-state index in [0.717, 1.165) is 17.7 Å². The van der Waals surface area contributed by atoms with Crippen molar-refractivity contribution < 1.29 is 4.74 Å². The fraction of sp³-hybridized carbons (Fsp3) is 0.333. The average Bonchev–Trinajstić information content (AvgIpc) is 2.02. The molecule has 4 N–H and O–H groups in total. The second kappa shape index (κ2) is 3.09. The predicted molar refractivity (Wildman–Crippen MR) is 52.9 cm³/mol. The molecule has 70 valence electrons. The Morgan fingerprint density at radius 2 is 2.23 bits per heavy atom. The van der Waals surface area contributed by atoms with E-state index in [4.69, 9.17) is 27.8 Å². The van der Waals surface area contributed by atoms with Gasteiger partial charge in [-0.25, -0.2) is 0 Å². The summed E-state index contributed by atoms with van der Waals surface area (Å²) in [6, 6.07) is 3.44. The van der Waals surface area contributed by atoms with Crippen LogP contribution in [0.25, 0.3) is 0 Å². The molecule has 1 aromatic carbocycles. The molecule has 4 heteroatoms. The Kier molecular flexibility index (Phi) is 2.06. The maximum absolute atomic E-state index is 6.00. The number of ether oxygens (including phenoxy) is 1. The first kappa shape index (κ1) is 8.66. The molecule has 1 heterocycles. The molecule has 0 amide bonds. The highest BCUT2D eigenvalue weighted by atomic mass is 35.5. The summed E-state index contributed by atoms with van der Waals surface area (Å²) in [5.41, 5.74) is 13.0. The standard InChI is InChI=1S/C9H11ClN2O/c10-6-3-5(11)4-8-9(6)7(12)1-2-13-8/h3-4,7H,1-2,11-12H2/t7-/m1/s1. The van der Waals surface area contributed by atoms with E-state index in [1.165, 1.54) is 0 Å². The third-order valence-electron chi connectivity index (χ3n) is 2.17. The molecule has 0 aromatic heterocycles. The minimum absolute atomic E-state index is 0.0307. The number of hydrogen-bond acceptors (Lipinski definition) is 3. The number of nitrogens with two attached hydrogens (primary N) is 2. The van der Waals surface area contributed by atoms with Crippen LogP contribution in [0.4, 0.5) is 5.69 Å². The van der Waals surface area contributed by atoms with Crippen LogP contribution in [0.5, 0.6) is 5.75 Å². The first-order valence-corrected chi connectivity index (χ1v) is 4.53. The molecule has 0 bridgehead atoms. The van der Waals surface area contributed by atoms with Gasteiger partial charge in [-0.15, -0.1) is 0 Å². The van der Waals surface area contributed by atoms with Gasteiger partial charge in [-0.3, -0.25) is 0 Å². The highest BCUT2D eigenvalue weighted by Gasteiger charge is 2.21. The van der Waals surface area contributed by atoms with Gasteiger partial charge in [-0.2, -0.15) is 0 Å². The lowest BCUT2D eigenvalue weighted by Gasteiger charge is -2.24. The van der Waals surface area contributed by atoms with Crippen molar-refractivity contribution in [1.82, 2.24) is 0 Å². The third kappa shape index (κ3) is 1.45. The van der Waals surface area contributed by atoms with Gasteiger partial charge in [0.05, 0.1) is 11.6 Å². The Morgan fingerprint density at radius 1 is 1.46 bits per heavy atom. The first-order valence-electron chi connectivity index (χ1n) is 4.16. The van der Waals surface area contributed by atoms with Crippen molar-refractivity contribution in [2.75, 3.05) is 12.3 Å². The zero-order valence-corrected chi connectivity index (χ0v) is 7.84. The van der Waals surface area contributed by atoms with Crippen LogP contribution in [0.3, 0.4) is 0 Å². The van der Waals surface area contributed by atoms with Crippen LogP contribution in [0, 0.1) is 0 Å². The fourth-order valence-electron chi connectivity index (χ4n) is 1.53. The molecule has 1 atom stereocenters. The Bertz CT molecular complexity index is 341. The van der Waals surface area contributed by atoms with Crippen molar-refractivity contribution in [2.45, 2.75) is 12.5 Å². The summed E-state index contributed by atoms with van der Waals surface area (Å²) in [4.78, 5) is 0. The monoisotopic (exact) mass is 198 g/mol. The summed E-state index contributed by atoms with van der Waals surface area (Å²) in [5, 5.41) is 0.599.